The molecule has 0 spiro atoms. The lowest BCUT2D eigenvalue weighted by Gasteiger charge is -2.33. The zero-order chi connectivity index (χ0) is 29.3. The van der Waals surface area contributed by atoms with Gasteiger partial charge in [-0.15, -0.1) is 0 Å². The molecule has 6 rings (SSSR count). The van der Waals surface area contributed by atoms with Gasteiger partial charge in [0.1, 0.15) is 6.04 Å². The smallest absolute Gasteiger partial charge is 0.320 e. The van der Waals surface area contributed by atoms with Gasteiger partial charge in [-0.1, -0.05) is 79.1 Å². The highest BCUT2D eigenvalue weighted by Crippen LogP contribution is 2.35. The number of carboxylic acid groups (broad SMARTS) is 1. The van der Waals surface area contributed by atoms with Crippen molar-refractivity contribution in [2.45, 2.75) is 96.2 Å². The minimum absolute atomic E-state index is 0.351. The average Bonchev–Trinajstić information content (AvgIpc) is 3.57. The number of carbonyl (C=O) groups is 1. The molecule has 3 aromatic rings. The fourth-order valence-electron chi connectivity index (χ4n) is 6.84. The lowest BCUT2D eigenvalue weighted by Crippen LogP contribution is -2.43. The first-order valence-corrected chi connectivity index (χ1v) is 16.3. The van der Waals surface area contributed by atoms with E-state index in [1.165, 1.54) is 54.6 Å². The maximum atomic E-state index is 11.7. The molecule has 2 heterocycles. The number of benzene rings is 2. The zero-order valence-corrected chi connectivity index (χ0v) is 25.6. The Labute approximate surface area is 252 Å². The van der Waals surface area contributed by atoms with E-state index in [4.69, 9.17) is 5.10 Å². The summed E-state index contributed by atoms with van der Waals surface area (Å²) in [5.41, 5.74) is 5.23. The van der Waals surface area contributed by atoms with Crippen LogP contribution in [0.5, 0.6) is 0 Å². The Bertz CT molecular complexity index is 1200. The van der Waals surface area contributed by atoms with Gasteiger partial charge in [-0.25, -0.2) is 0 Å². The average molecular weight is 571 g/mol. The number of likely N-dealkylation sites (tertiary alicyclic amines) is 1. The van der Waals surface area contributed by atoms with Crippen molar-refractivity contribution in [3.63, 3.8) is 0 Å². The second-order valence-corrected chi connectivity index (χ2v) is 12.9. The standard InChI is InChI=1S/C30H44N4O2.C6H6/c1-3-34-29(19-27(32-34)16-22-6-4-21(2)5-7-22)25-12-14-33(15-13-25)20-24-10-11-26(17-24)31-28(30(35)36)18-23-8-9-23;1-2-4-6-5-3-1/h4-7,19,23-26,28,31H,3,8-18,20H2,1-2H3,(H,35,36);1-6H. The zero-order valence-electron chi connectivity index (χ0n) is 25.6. The van der Waals surface area contributed by atoms with Gasteiger partial charge < -0.3 is 15.3 Å². The molecule has 1 saturated heterocycles. The lowest BCUT2D eigenvalue weighted by atomic mass is 9.92. The van der Waals surface area contributed by atoms with Gasteiger partial charge in [-0.2, -0.15) is 5.10 Å². The van der Waals surface area contributed by atoms with Crippen LogP contribution in [0.4, 0.5) is 0 Å². The summed E-state index contributed by atoms with van der Waals surface area (Å²) >= 11 is 0. The fourth-order valence-corrected chi connectivity index (χ4v) is 6.84. The summed E-state index contributed by atoms with van der Waals surface area (Å²) in [6.07, 6.45) is 10.00. The molecule has 6 heteroatoms. The normalized spacial score (nSPS) is 22.0. The van der Waals surface area contributed by atoms with Crippen LogP contribution in [0.1, 0.15) is 86.7 Å². The van der Waals surface area contributed by atoms with Crippen LogP contribution in [0.25, 0.3) is 0 Å². The minimum Gasteiger partial charge on any atom is -0.480 e. The molecule has 3 fully saturated rings. The van der Waals surface area contributed by atoms with E-state index in [1.54, 1.807) is 0 Å². The van der Waals surface area contributed by atoms with Gasteiger partial charge in [-0.3, -0.25) is 9.48 Å². The van der Waals surface area contributed by atoms with Crippen LogP contribution in [0.2, 0.25) is 0 Å². The molecule has 42 heavy (non-hydrogen) atoms. The second-order valence-electron chi connectivity index (χ2n) is 12.9. The monoisotopic (exact) mass is 570 g/mol. The maximum Gasteiger partial charge on any atom is 0.320 e. The van der Waals surface area contributed by atoms with E-state index in [-0.39, 0.29) is 6.04 Å². The third-order valence-electron chi connectivity index (χ3n) is 9.40. The van der Waals surface area contributed by atoms with Crippen LogP contribution in [0.3, 0.4) is 0 Å². The van der Waals surface area contributed by atoms with Crippen LogP contribution in [0.15, 0.2) is 66.7 Å². The number of rotatable bonds is 11. The molecule has 0 amide bonds. The lowest BCUT2D eigenvalue weighted by molar-refractivity contribution is -0.140. The molecule has 1 aliphatic heterocycles. The van der Waals surface area contributed by atoms with E-state index >= 15 is 0 Å². The van der Waals surface area contributed by atoms with Gasteiger partial charge in [0.2, 0.25) is 0 Å². The molecule has 0 bridgehead atoms. The van der Waals surface area contributed by atoms with Crippen LogP contribution >= 0.6 is 0 Å². The van der Waals surface area contributed by atoms with Crippen molar-refractivity contribution in [2.75, 3.05) is 19.6 Å². The van der Waals surface area contributed by atoms with Crippen LogP contribution in [0, 0.1) is 18.8 Å². The molecule has 2 aliphatic carbocycles. The predicted octanol–water partition coefficient (Wildman–Crippen LogP) is 6.68. The van der Waals surface area contributed by atoms with Crippen molar-refractivity contribution < 1.29 is 9.90 Å². The quantitative estimate of drug-likeness (QED) is 0.269. The summed E-state index contributed by atoms with van der Waals surface area (Å²) in [7, 11) is 0. The molecule has 3 atom stereocenters. The number of nitrogens with zero attached hydrogens (tertiary/aromatic N) is 3. The van der Waals surface area contributed by atoms with E-state index in [0.29, 0.717) is 23.8 Å². The van der Waals surface area contributed by atoms with E-state index in [0.717, 1.165) is 51.9 Å². The molecule has 2 aromatic carbocycles. The Morgan fingerprint density at radius 2 is 1.60 bits per heavy atom. The first kappa shape index (κ1) is 30.5. The Hall–Kier alpha value is -2.96. The number of aliphatic carboxylic acids is 1. The largest absolute Gasteiger partial charge is 0.480 e. The highest BCUT2D eigenvalue weighted by atomic mass is 16.4. The van der Waals surface area contributed by atoms with Crippen molar-refractivity contribution >= 4 is 5.97 Å². The van der Waals surface area contributed by atoms with Crippen molar-refractivity contribution in [1.82, 2.24) is 20.0 Å². The summed E-state index contributed by atoms with van der Waals surface area (Å²) in [6.45, 7) is 8.73. The maximum absolute atomic E-state index is 11.7. The van der Waals surface area contributed by atoms with Gasteiger partial charge in [0.25, 0.3) is 0 Å². The molecule has 2 saturated carbocycles. The molecular weight excluding hydrogens is 520 g/mol. The number of piperidine rings is 1. The first-order valence-electron chi connectivity index (χ1n) is 16.3. The second kappa shape index (κ2) is 15.0. The highest BCUT2D eigenvalue weighted by molar-refractivity contribution is 5.73. The van der Waals surface area contributed by atoms with E-state index in [9.17, 15) is 9.90 Å². The minimum atomic E-state index is -0.666. The Morgan fingerprint density at radius 1 is 0.952 bits per heavy atom. The van der Waals surface area contributed by atoms with E-state index in [2.05, 4.69) is 59.1 Å². The third-order valence-corrected chi connectivity index (χ3v) is 9.40. The molecule has 0 radical (unpaired) electrons. The van der Waals surface area contributed by atoms with Crippen LogP contribution in [-0.2, 0) is 17.8 Å². The summed E-state index contributed by atoms with van der Waals surface area (Å²) in [6, 6.07) is 23.2. The van der Waals surface area contributed by atoms with E-state index < -0.39 is 5.97 Å². The number of nitrogens with one attached hydrogen (secondary N) is 1. The van der Waals surface area contributed by atoms with Crippen molar-refractivity contribution in [3.05, 3.63) is 89.2 Å². The number of carboxylic acids is 1. The SMILES string of the molecule is CCn1nc(Cc2ccc(C)cc2)cc1C1CCN(CC2CCC(NC(CC3CC3)C(=O)O)C2)CC1.c1ccccc1. The van der Waals surface area contributed by atoms with Gasteiger partial charge in [-0.05, 0) is 88.9 Å². The van der Waals surface area contributed by atoms with Crippen LogP contribution in [-0.4, -0.2) is 57.5 Å². The summed E-state index contributed by atoms with van der Waals surface area (Å²) in [5.74, 6) is 1.26. The highest BCUT2D eigenvalue weighted by Gasteiger charge is 2.34. The molecule has 3 aliphatic rings. The van der Waals surface area contributed by atoms with Gasteiger partial charge in [0.05, 0.1) is 5.69 Å². The number of aromatic nitrogens is 2. The summed E-state index contributed by atoms with van der Waals surface area (Å²) in [5, 5.41) is 18.0. The van der Waals surface area contributed by atoms with E-state index in [1.807, 2.05) is 36.4 Å². The molecule has 3 unspecified atom stereocenters. The number of hydrogen-bond donors (Lipinski definition) is 2. The van der Waals surface area contributed by atoms with Gasteiger partial charge >= 0.3 is 5.97 Å². The van der Waals surface area contributed by atoms with Crippen LogP contribution < -0.4 is 5.32 Å². The summed E-state index contributed by atoms with van der Waals surface area (Å²) in [4.78, 5) is 14.3. The van der Waals surface area contributed by atoms with Gasteiger partial charge in [0, 0.05) is 37.2 Å². The molecule has 6 nitrogen and oxygen atoms in total. The Morgan fingerprint density at radius 3 is 2.19 bits per heavy atom. The van der Waals surface area contributed by atoms with Crippen molar-refractivity contribution in [3.8, 4) is 0 Å². The number of hydrogen-bond acceptors (Lipinski definition) is 4. The topological polar surface area (TPSA) is 70.4 Å². The Kier molecular flexibility index (Phi) is 10.9. The molecular formula is C36H50N4O2. The molecule has 2 N–H and O–H groups in total. The van der Waals surface area contributed by atoms with Crippen molar-refractivity contribution in [2.24, 2.45) is 11.8 Å². The number of aryl methyl sites for hydroxylation is 2. The molecule has 1 aromatic heterocycles. The fraction of sp³-hybridized carbons (Fsp3) is 0.556. The van der Waals surface area contributed by atoms with Gasteiger partial charge in [0.15, 0.2) is 0 Å². The van der Waals surface area contributed by atoms with Crippen molar-refractivity contribution in [1.29, 1.82) is 0 Å². The molecule has 226 valence electrons. The first-order chi connectivity index (χ1) is 20.5. The summed E-state index contributed by atoms with van der Waals surface area (Å²) < 4.78 is 2.23. The third kappa shape index (κ3) is 9.02. The predicted molar refractivity (Wildman–Crippen MR) is 170 cm³/mol. The Balaban J connectivity index is 0.000000524.